The zero-order valence-corrected chi connectivity index (χ0v) is 13.3. The summed E-state index contributed by atoms with van der Waals surface area (Å²) in [4.78, 5) is 14.4. The van der Waals surface area contributed by atoms with Gasteiger partial charge in [0.1, 0.15) is 22.8 Å². The average molecular weight is 339 g/mol. The number of hydrogen-bond acceptors (Lipinski definition) is 4. The van der Waals surface area contributed by atoms with Crippen LogP contribution in [-0.4, -0.2) is 40.3 Å². The van der Waals surface area contributed by atoms with Crippen LogP contribution in [0, 0.1) is 12.7 Å². The number of piperidine rings is 1. The molecule has 23 heavy (non-hydrogen) atoms. The van der Waals surface area contributed by atoms with Crippen LogP contribution in [-0.2, 0) is 0 Å². The van der Waals surface area contributed by atoms with Gasteiger partial charge >= 0.3 is 0 Å². The van der Waals surface area contributed by atoms with Crippen LogP contribution in [0.5, 0.6) is 0 Å². The van der Waals surface area contributed by atoms with E-state index < -0.39 is 5.82 Å². The summed E-state index contributed by atoms with van der Waals surface area (Å²) in [7, 11) is 0. The van der Waals surface area contributed by atoms with Crippen molar-refractivity contribution in [3.8, 4) is 11.3 Å². The highest BCUT2D eigenvalue weighted by Gasteiger charge is 2.30. The summed E-state index contributed by atoms with van der Waals surface area (Å²) in [5.74, 6) is -0.533. The van der Waals surface area contributed by atoms with E-state index in [0.29, 0.717) is 31.7 Å². The van der Waals surface area contributed by atoms with Crippen molar-refractivity contribution in [2.45, 2.75) is 25.9 Å². The average Bonchev–Trinajstić information content (AvgIpc) is 2.89. The monoisotopic (exact) mass is 338 g/mol. The minimum Gasteiger partial charge on any atom is -0.393 e. The van der Waals surface area contributed by atoms with E-state index in [1.54, 1.807) is 11.8 Å². The Morgan fingerprint density at radius 1 is 1.43 bits per heavy atom. The van der Waals surface area contributed by atoms with Crippen LogP contribution in [0.4, 0.5) is 4.39 Å². The van der Waals surface area contributed by atoms with Crippen LogP contribution < -0.4 is 0 Å². The van der Waals surface area contributed by atoms with Gasteiger partial charge in [-0.25, -0.2) is 4.39 Å². The number of hydrogen-bond donors (Lipinski definition) is 1. The van der Waals surface area contributed by atoms with E-state index in [0.717, 1.165) is 0 Å². The van der Waals surface area contributed by atoms with Crippen molar-refractivity contribution in [1.82, 2.24) is 10.1 Å². The van der Waals surface area contributed by atoms with Gasteiger partial charge in [0.25, 0.3) is 5.91 Å². The van der Waals surface area contributed by atoms with E-state index in [1.807, 2.05) is 0 Å². The first kappa shape index (κ1) is 16.0. The molecular formula is C16H16ClFN2O3. The fourth-order valence-electron chi connectivity index (χ4n) is 2.75. The highest BCUT2D eigenvalue weighted by Crippen LogP contribution is 2.34. The van der Waals surface area contributed by atoms with Crippen molar-refractivity contribution in [2.24, 2.45) is 0 Å². The van der Waals surface area contributed by atoms with E-state index in [-0.39, 0.29) is 33.9 Å². The van der Waals surface area contributed by atoms with E-state index in [1.165, 1.54) is 18.2 Å². The van der Waals surface area contributed by atoms with Gasteiger partial charge in [-0.15, -0.1) is 0 Å². The number of amides is 1. The normalized spacial score (nSPS) is 15.9. The number of likely N-dealkylation sites (tertiary alicyclic amines) is 1. The number of aliphatic hydroxyl groups is 1. The number of halogens is 2. The molecule has 2 heterocycles. The molecule has 1 saturated heterocycles. The Labute approximate surface area is 137 Å². The Hall–Kier alpha value is -1.92. The molecule has 1 amide bonds. The van der Waals surface area contributed by atoms with Crippen molar-refractivity contribution < 1.29 is 18.8 Å². The molecule has 7 heteroatoms. The van der Waals surface area contributed by atoms with Gasteiger partial charge in [-0.05, 0) is 31.9 Å². The highest BCUT2D eigenvalue weighted by molar-refractivity contribution is 6.33. The van der Waals surface area contributed by atoms with Crippen LogP contribution in [0.15, 0.2) is 22.7 Å². The molecule has 0 bridgehead atoms. The Kier molecular flexibility index (Phi) is 4.37. The maximum atomic E-state index is 14.2. The number of aromatic nitrogens is 1. The number of benzene rings is 1. The molecule has 0 aliphatic carbocycles. The molecule has 1 aromatic heterocycles. The highest BCUT2D eigenvalue weighted by atomic mass is 35.5. The SMILES string of the molecule is Cc1onc(-c2c(F)cccc2Cl)c1C(=O)N1CCC(O)CC1. The van der Waals surface area contributed by atoms with Crippen LogP contribution in [0.2, 0.25) is 5.02 Å². The second-order valence-corrected chi connectivity index (χ2v) is 5.99. The van der Waals surface area contributed by atoms with Gasteiger partial charge in [-0.2, -0.15) is 0 Å². The summed E-state index contributed by atoms with van der Waals surface area (Å²) in [6.45, 7) is 2.49. The summed E-state index contributed by atoms with van der Waals surface area (Å²) in [5, 5.41) is 13.6. The fraction of sp³-hybridized carbons (Fsp3) is 0.375. The lowest BCUT2D eigenvalue weighted by atomic mass is 10.0. The van der Waals surface area contributed by atoms with E-state index in [2.05, 4.69) is 5.16 Å². The molecule has 0 atom stereocenters. The minimum atomic E-state index is -0.561. The first-order chi connectivity index (χ1) is 11.0. The molecule has 0 unspecified atom stereocenters. The molecular weight excluding hydrogens is 323 g/mol. The molecule has 1 aromatic carbocycles. The van der Waals surface area contributed by atoms with Gasteiger partial charge < -0.3 is 14.5 Å². The van der Waals surface area contributed by atoms with Crippen LogP contribution in [0.3, 0.4) is 0 Å². The summed E-state index contributed by atoms with van der Waals surface area (Å²) < 4.78 is 19.3. The lowest BCUT2D eigenvalue weighted by Crippen LogP contribution is -2.40. The molecule has 0 spiro atoms. The van der Waals surface area contributed by atoms with Crippen LogP contribution in [0.1, 0.15) is 29.0 Å². The van der Waals surface area contributed by atoms with Gasteiger partial charge in [0.05, 0.1) is 16.7 Å². The predicted molar refractivity (Wildman–Crippen MR) is 82.8 cm³/mol. The van der Waals surface area contributed by atoms with Gasteiger partial charge in [0.2, 0.25) is 0 Å². The lowest BCUT2D eigenvalue weighted by molar-refractivity contribution is 0.0546. The third-order valence-corrected chi connectivity index (χ3v) is 4.34. The van der Waals surface area contributed by atoms with Gasteiger partial charge in [0, 0.05) is 13.1 Å². The minimum absolute atomic E-state index is 0.0615. The molecule has 5 nitrogen and oxygen atoms in total. The second kappa shape index (κ2) is 6.29. The molecule has 1 aliphatic heterocycles. The van der Waals surface area contributed by atoms with Gasteiger partial charge in [-0.3, -0.25) is 4.79 Å². The predicted octanol–water partition coefficient (Wildman–Crippen LogP) is 3.04. The van der Waals surface area contributed by atoms with Crippen molar-refractivity contribution in [2.75, 3.05) is 13.1 Å². The van der Waals surface area contributed by atoms with E-state index in [4.69, 9.17) is 16.1 Å². The number of aryl methyl sites for hydroxylation is 1. The number of nitrogens with zero attached hydrogens (tertiary/aromatic N) is 2. The molecule has 1 aliphatic rings. The Bertz CT molecular complexity index is 719. The second-order valence-electron chi connectivity index (χ2n) is 5.58. The maximum absolute atomic E-state index is 14.2. The molecule has 1 fully saturated rings. The number of carbonyl (C=O) groups excluding carboxylic acids is 1. The summed E-state index contributed by atoms with van der Waals surface area (Å²) >= 11 is 6.08. The van der Waals surface area contributed by atoms with Crippen LogP contribution >= 0.6 is 11.6 Å². The van der Waals surface area contributed by atoms with E-state index >= 15 is 0 Å². The van der Waals surface area contributed by atoms with Crippen molar-refractivity contribution in [3.05, 3.63) is 40.4 Å². The summed E-state index contributed by atoms with van der Waals surface area (Å²) in [5.41, 5.74) is 0.390. The summed E-state index contributed by atoms with van der Waals surface area (Å²) in [6, 6.07) is 4.29. The number of aliphatic hydroxyl groups excluding tert-OH is 1. The number of rotatable bonds is 2. The third kappa shape index (κ3) is 2.96. The maximum Gasteiger partial charge on any atom is 0.259 e. The van der Waals surface area contributed by atoms with Crippen LogP contribution in [0.25, 0.3) is 11.3 Å². The van der Waals surface area contributed by atoms with Gasteiger partial charge in [0.15, 0.2) is 0 Å². The van der Waals surface area contributed by atoms with Crippen molar-refractivity contribution in [3.63, 3.8) is 0 Å². The molecule has 0 radical (unpaired) electrons. The molecule has 3 rings (SSSR count). The van der Waals surface area contributed by atoms with E-state index in [9.17, 15) is 14.3 Å². The zero-order valence-electron chi connectivity index (χ0n) is 12.6. The first-order valence-corrected chi connectivity index (χ1v) is 7.75. The Morgan fingerprint density at radius 2 is 2.13 bits per heavy atom. The topological polar surface area (TPSA) is 66.6 Å². The first-order valence-electron chi connectivity index (χ1n) is 7.37. The Balaban J connectivity index is 2.01. The lowest BCUT2D eigenvalue weighted by Gasteiger charge is -2.29. The molecule has 2 aromatic rings. The fourth-order valence-corrected chi connectivity index (χ4v) is 3.00. The third-order valence-electron chi connectivity index (χ3n) is 4.03. The summed E-state index contributed by atoms with van der Waals surface area (Å²) in [6.07, 6.45) is 0.653. The van der Waals surface area contributed by atoms with Gasteiger partial charge in [-0.1, -0.05) is 22.8 Å². The van der Waals surface area contributed by atoms with Crippen molar-refractivity contribution in [1.29, 1.82) is 0 Å². The number of carbonyl (C=O) groups is 1. The largest absolute Gasteiger partial charge is 0.393 e. The molecule has 1 N–H and O–H groups in total. The smallest absolute Gasteiger partial charge is 0.259 e. The Morgan fingerprint density at radius 3 is 2.78 bits per heavy atom. The zero-order chi connectivity index (χ0) is 16.6. The molecule has 0 saturated carbocycles. The van der Waals surface area contributed by atoms with Crippen molar-refractivity contribution >= 4 is 17.5 Å². The molecule has 122 valence electrons. The standard InChI is InChI=1S/C16H16ClFN2O3/c1-9-13(16(22)20-7-5-10(21)6-8-20)15(19-23-9)14-11(17)3-2-4-12(14)18/h2-4,10,21H,5-8H2,1H3. The quantitative estimate of drug-likeness (QED) is 0.914.